The molecule has 0 spiro atoms. The van der Waals surface area contributed by atoms with Crippen molar-refractivity contribution in [1.29, 1.82) is 0 Å². The fourth-order valence-electron chi connectivity index (χ4n) is 4.71. The first-order valence-electron chi connectivity index (χ1n) is 16.7. The molecule has 51 heavy (non-hydrogen) atoms. The van der Waals surface area contributed by atoms with Gasteiger partial charge in [0.25, 0.3) is 0 Å². The van der Waals surface area contributed by atoms with Crippen molar-refractivity contribution in [1.82, 2.24) is 10.6 Å². The zero-order valence-electron chi connectivity index (χ0n) is 30.8. The Labute approximate surface area is 305 Å². The van der Waals surface area contributed by atoms with E-state index in [1.807, 2.05) is 30.3 Å². The van der Waals surface area contributed by atoms with Gasteiger partial charge in [0.1, 0.15) is 17.0 Å². The normalized spacial score (nSPS) is 12.7. The number of esters is 1. The predicted molar refractivity (Wildman–Crippen MR) is 199 cm³/mol. The molecule has 0 aliphatic heterocycles. The molecule has 0 bridgehead atoms. The topological polar surface area (TPSA) is 144 Å². The molecule has 3 rings (SSSR count). The Kier molecular flexibility index (Phi) is 13.8. The molecule has 3 amide bonds. The van der Waals surface area contributed by atoms with Crippen molar-refractivity contribution in [2.75, 3.05) is 5.32 Å². The van der Waals surface area contributed by atoms with Gasteiger partial charge < -0.3 is 24.8 Å². The van der Waals surface area contributed by atoms with Crippen LogP contribution >= 0.6 is 11.6 Å². The molecule has 0 aliphatic carbocycles. The fourth-order valence-corrected chi connectivity index (χ4v) is 4.98. The molecule has 0 saturated heterocycles. The zero-order chi connectivity index (χ0) is 38.0. The van der Waals surface area contributed by atoms with Crippen LogP contribution in [-0.4, -0.2) is 41.2 Å². The van der Waals surface area contributed by atoms with E-state index in [-0.39, 0.29) is 41.1 Å². The van der Waals surface area contributed by atoms with Crippen LogP contribution in [0, 0.1) is 5.41 Å². The molecule has 11 nitrogen and oxygen atoms in total. The number of carbonyl (C=O) groups excluding carboxylic acids is 4. The number of anilines is 1. The Hall–Kier alpha value is -4.90. The van der Waals surface area contributed by atoms with Crippen LogP contribution in [0.2, 0.25) is 5.02 Å². The highest BCUT2D eigenvalue weighted by molar-refractivity contribution is 6.31. The van der Waals surface area contributed by atoms with E-state index in [9.17, 15) is 19.2 Å². The number of aliphatic imine (C=N–C) groups is 1. The number of hydrogen-bond acceptors (Lipinski definition) is 7. The highest BCUT2D eigenvalue weighted by Gasteiger charge is 2.23. The zero-order valence-corrected chi connectivity index (χ0v) is 31.6. The number of amides is 3. The largest absolute Gasteiger partial charge is 0.444 e. The quantitative estimate of drug-likeness (QED) is 0.0860. The van der Waals surface area contributed by atoms with Crippen molar-refractivity contribution >= 4 is 47.3 Å². The summed E-state index contributed by atoms with van der Waals surface area (Å²) in [5.74, 6) is -0.712. The lowest BCUT2D eigenvalue weighted by molar-refractivity contribution is -0.122. The summed E-state index contributed by atoms with van der Waals surface area (Å²) in [4.78, 5) is 54.5. The van der Waals surface area contributed by atoms with Crippen molar-refractivity contribution in [3.05, 3.63) is 94.5 Å². The average molecular weight is 721 g/mol. The molecule has 0 aliphatic rings. The maximum absolute atomic E-state index is 13.0. The molecule has 1 atom stereocenters. The van der Waals surface area contributed by atoms with Crippen LogP contribution in [0.15, 0.2) is 77.8 Å². The number of alkyl carbamates (subject to hydrolysis) is 1. The van der Waals surface area contributed by atoms with Crippen LogP contribution in [0.25, 0.3) is 0 Å². The molecular formula is C39H49ClN4O7. The van der Waals surface area contributed by atoms with Gasteiger partial charge in [-0.3, -0.25) is 10.1 Å². The Morgan fingerprint density at radius 2 is 1.43 bits per heavy atom. The maximum atomic E-state index is 13.0. The van der Waals surface area contributed by atoms with Crippen LogP contribution in [-0.2, 0) is 20.7 Å². The lowest BCUT2D eigenvalue weighted by atomic mass is 9.85. The van der Waals surface area contributed by atoms with E-state index < -0.39 is 29.4 Å². The first kappa shape index (κ1) is 40.5. The molecule has 0 saturated carbocycles. The molecule has 0 unspecified atom stereocenters. The minimum absolute atomic E-state index is 0.0194. The van der Waals surface area contributed by atoms with Crippen molar-refractivity contribution < 1.29 is 33.4 Å². The first-order valence-corrected chi connectivity index (χ1v) is 17.1. The average Bonchev–Trinajstić information content (AvgIpc) is 2.98. The van der Waals surface area contributed by atoms with Crippen LogP contribution in [0.1, 0.15) is 103 Å². The Morgan fingerprint density at radius 1 is 0.804 bits per heavy atom. The molecule has 0 radical (unpaired) electrons. The smallest absolute Gasteiger partial charge is 0.437 e. The van der Waals surface area contributed by atoms with Gasteiger partial charge in [-0.2, -0.15) is 0 Å². The van der Waals surface area contributed by atoms with Gasteiger partial charge in [-0.05, 0) is 107 Å². The Bertz CT molecular complexity index is 1700. The summed E-state index contributed by atoms with van der Waals surface area (Å²) in [7, 11) is 0. The number of benzene rings is 3. The van der Waals surface area contributed by atoms with Crippen LogP contribution in [0.3, 0.4) is 0 Å². The van der Waals surface area contributed by atoms with E-state index in [0.29, 0.717) is 17.1 Å². The molecule has 12 heteroatoms. The van der Waals surface area contributed by atoms with Gasteiger partial charge in [-0.25, -0.2) is 14.4 Å². The van der Waals surface area contributed by atoms with Crippen molar-refractivity contribution in [2.24, 2.45) is 10.4 Å². The Balaban J connectivity index is 1.62. The SMILES string of the molecule is CC(C)(C)C[C@H](NC(=O)CCc1ccc(OC(=O)c2ccc(N/C(=N\C(=O)OC(C)(C)C)NC(=O)OC(C)(C)C)cc2)cc1Cl)c1ccccc1. The van der Waals surface area contributed by atoms with Gasteiger partial charge in [-0.15, -0.1) is 4.99 Å². The first-order chi connectivity index (χ1) is 23.7. The standard InChI is InChI=1S/C39H49ClN4O7/c1-37(2,3)24-31(26-13-11-10-12-14-26)42-32(45)22-18-25-17-21-29(23-30(25)40)49-33(46)27-15-19-28(20-16-27)41-34(43-35(47)50-38(4,5)6)44-36(48)51-39(7,8)9/h10-17,19-21,23,31H,18,22,24H2,1-9H3,(H,42,45)(H2,41,43,44,47,48)/t31-/m0/s1. The van der Waals surface area contributed by atoms with Gasteiger partial charge >= 0.3 is 18.2 Å². The highest BCUT2D eigenvalue weighted by atomic mass is 35.5. The number of aryl methyl sites for hydroxylation is 1. The molecule has 3 N–H and O–H groups in total. The molecule has 274 valence electrons. The molecule has 0 fully saturated rings. The van der Waals surface area contributed by atoms with Gasteiger partial charge in [-0.1, -0.05) is 68.8 Å². The number of ether oxygens (including phenoxy) is 3. The lowest BCUT2D eigenvalue weighted by Gasteiger charge is -2.27. The van der Waals surface area contributed by atoms with Crippen molar-refractivity contribution in [3.63, 3.8) is 0 Å². The van der Waals surface area contributed by atoms with E-state index >= 15 is 0 Å². The number of rotatable bonds is 9. The molecule has 3 aromatic carbocycles. The monoisotopic (exact) mass is 720 g/mol. The number of nitrogens with one attached hydrogen (secondary N) is 3. The number of guanidine groups is 1. The predicted octanol–water partition coefficient (Wildman–Crippen LogP) is 9.01. The summed E-state index contributed by atoms with van der Waals surface area (Å²) in [6.45, 7) is 16.6. The molecule has 3 aromatic rings. The summed E-state index contributed by atoms with van der Waals surface area (Å²) in [5.41, 5.74) is 0.857. The molecule has 0 heterocycles. The van der Waals surface area contributed by atoms with E-state index in [0.717, 1.165) is 17.5 Å². The maximum Gasteiger partial charge on any atom is 0.437 e. The molecule has 0 aromatic heterocycles. The second kappa shape index (κ2) is 17.4. The molecular weight excluding hydrogens is 672 g/mol. The number of hydrogen-bond donors (Lipinski definition) is 3. The van der Waals surface area contributed by atoms with Crippen LogP contribution < -0.4 is 20.7 Å². The number of carbonyl (C=O) groups is 4. The fraction of sp³-hybridized carbons (Fsp3) is 0.410. The lowest BCUT2D eigenvalue weighted by Crippen LogP contribution is -2.40. The third-order valence-electron chi connectivity index (χ3n) is 6.81. The summed E-state index contributed by atoms with van der Waals surface area (Å²) < 4.78 is 16.0. The van der Waals surface area contributed by atoms with Crippen molar-refractivity contribution in [2.45, 2.75) is 98.8 Å². The van der Waals surface area contributed by atoms with Gasteiger partial charge in [0.05, 0.1) is 11.6 Å². The summed E-state index contributed by atoms with van der Waals surface area (Å²) in [6.07, 6.45) is -0.325. The van der Waals surface area contributed by atoms with Gasteiger partial charge in [0.2, 0.25) is 11.9 Å². The van der Waals surface area contributed by atoms with Crippen molar-refractivity contribution in [3.8, 4) is 5.75 Å². The van der Waals surface area contributed by atoms with E-state index in [1.165, 1.54) is 18.2 Å². The van der Waals surface area contributed by atoms with Gasteiger partial charge in [0.15, 0.2) is 0 Å². The highest BCUT2D eigenvalue weighted by Crippen LogP contribution is 2.30. The number of halogens is 1. The third-order valence-corrected chi connectivity index (χ3v) is 7.16. The van der Waals surface area contributed by atoms with Gasteiger partial charge in [0, 0.05) is 17.1 Å². The Morgan fingerprint density at radius 3 is 2.00 bits per heavy atom. The summed E-state index contributed by atoms with van der Waals surface area (Å²) >= 11 is 6.53. The number of nitrogens with zero attached hydrogens (tertiary/aromatic N) is 1. The van der Waals surface area contributed by atoms with E-state index in [1.54, 1.807) is 65.8 Å². The van der Waals surface area contributed by atoms with Crippen LogP contribution in [0.4, 0.5) is 15.3 Å². The summed E-state index contributed by atoms with van der Waals surface area (Å²) in [5, 5.41) is 8.78. The second-order valence-corrected chi connectivity index (χ2v) is 15.6. The third kappa shape index (κ3) is 15.3. The van der Waals surface area contributed by atoms with E-state index in [4.69, 9.17) is 25.8 Å². The summed E-state index contributed by atoms with van der Waals surface area (Å²) in [6, 6.07) is 20.8. The minimum Gasteiger partial charge on any atom is -0.444 e. The van der Waals surface area contributed by atoms with Crippen LogP contribution in [0.5, 0.6) is 5.75 Å². The second-order valence-electron chi connectivity index (χ2n) is 15.2. The van der Waals surface area contributed by atoms with E-state index in [2.05, 4.69) is 41.7 Å². The minimum atomic E-state index is -0.929.